The highest BCUT2D eigenvalue weighted by molar-refractivity contribution is 6.06. The number of carbonyl (C=O) groups excluding carboxylic acids is 1. The van der Waals surface area contributed by atoms with E-state index in [1.165, 1.54) is 6.08 Å². The molecule has 2 aromatic rings. The first kappa shape index (κ1) is 22.0. The zero-order chi connectivity index (χ0) is 21.2. The van der Waals surface area contributed by atoms with Gasteiger partial charge in [0, 0.05) is 5.56 Å². The summed E-state index contributed by atoms with van der Waals surface area (Å²) in [6.07, 6.45) is 4.14. The minimum atomic E-state index is -1.06. The smallest absolute Gasteiger partial charge is 0.341 e. The number of ketones is 1. The van der Waals surface area contributed by atoms with Crippen molar-refractivity contribution in [3.63, 3.8) is 0 Å². The fourth-order valence-electron chi connectivity index (χ4n) is 2.44. The number of allylic oxidation sites excluding steroid dienone is 1. The first-order valence-electron chi connectivity index (χ1n) is 9.37. The summed E-state index contributed by atoms with van der Waals surface area (Å²) < 4.78 is 16.2. The number of carboxylic acid groups (broad SMARTS) is 1. The second-order valence-electron chi connectivity index (χ2n) is 6.85. The van der Waals surface area contributed by atoms with E-state index in [9.17, 15) is 9.59 Å². The van der Waals surface area contributed by atoms with Crippen LogP contribution in [0.3, 0.4) is 0 Å². The Balaban J connectivity index is 2.00. The highest BCUT2D eigenvalue weighted by Gasteiger charge is 2.07. The number of rotatable bonds is 11. The van der Waals surface area contributed by atoms with Crippen molar-refractivity contribution in [1.29, 1.82) is 0 Å². The summed E-state index contributed by atoms with van der Waals surface area (Å²) in [6, 6.07) is 11.8. The Morgan fingerprint density at radius 1 is 1.03 bits per heavy atom. The zero-order valence-electron chi connectivity index (χ0n) is 16.9. The van der Waals surface area contributed by atoms with E-state index >= 15 is 0 Å². The maximum Gasteiger partial charge on any atom is 0.341 e. The minimum Gasteiger partial charge on any atom is -0.493 e. The number of aliphatic carboxylic acids is 1. The molecule has 0 bridgehead atoms. The lowest BCUT2D eigenvalue weighted by atomic mass is 10.1. The van der Waals surface area contributed by atoms with E-state index in [0.717, 1.165) is 12.0 Å². The fraction of sp³-hybridized carbons (Fsp3) is 0.304. The van der Waals surface area contributed by atoms with Crippen LogP contribution in [0.25, 0.3) is 6.08 Å². The van der Waals surface area contributed by atoms with Gasteiger partial charge in [-0.05, 0) is 60.4 Å². The molecule has 1 N–H and O–H groups in total. The Bertz CT molecular complexity index is 852. The van der Waals surface area contributed by atoms with E-state index in [4.69, 9.17) is 19.3 Å². The summed E-state index contributed by atoms with van der Waals surface area (Å²) >= 11 is 0. The Labute approximate surface area is 170 Å². The molecule has 154 valence electrons. The Morgan fingerprint density at radius 3 is 2.38 bits per heavy atom. The van der Waals surface area contributed by atoms with Gasteiger partial charge >= 0.3 is 5.97 Å². The molecule has 0 aliphatic heterocycles. The van der Waals surface area contributed by atoms with Crippen molar-refractivity contribution < 1.29 is 28.9 Å². The molecule has 0 radical (unpaired) electrons. The lowest BCUT2D eigenvalue weighted by molar-refractivity contribution is -0.139. The van der Waals surface area contributed by atoms with Crippen LogP contribution in [0, 0.1) is 5.92 Å². The monoisotopic (exact) mass is 398 g/mol. The quantitative estimate of drug-likeness (QED) is 0.444. The predicted molar refractivity (Wildman–Crippen MR) is 111 cm³/mol. The number of carboxylic acids is 1. The molecule has 0 heterocycles. The maximum atomic E-state index is 12.3. The van der Waals surface area contributed by atoms with Crippen LogP contribution in [0.4, 0.5) is 0 Å². The van der Waals surface area contributed by atoms with Crippen LogP contribution >= 0.6 is 0 Å². The lowest BCUT2D eigenvalue weighted by Gasteiger charge is -2.12. The molecule has 0 spiro atoms. The van der Waals surface area contributed by atoms with Gasteiger partial charge < -0.3 is 19.3 Å². The molecule has 0 fully saturated rings. The van der Waals surface area contributed by atoms with Crippen molar-refractivity contribution in [3.05, 3.63) is 59.7 Å². The summed E-state index contributed by atoms with van der Waals surface area (Å²) in [5, 5.41) is 8.61. The molecule has 0 amide bonds. The highest BCUT2D eigenvalue weighted by Crippen LogP contribution is 2.29. The van der Waals surface area contributed by atoms with Crippen LogP contribution in [0.5, 0.6) is 17.2 Å². The Morgan fingerprint density at radius 2 is 1.76 bits per heavy atom. The summed E-state index contributed by atoms with van der Waals surface area (Å²) in [7, 11) is 1.58. The van der Waals surface area contributed by atoms with Crippen molar-refractivity contribution >= 4 is 17.8 Å². The van der Waals surface area contributed by atoms with Gasteiger partial charge in [-0.3, -0.25) is 4.79 Å². The van der Waals surface area contributed by atoms with Crippen LogP contribution in [0.2, 0.25) is 0 Å². The second-order valence-corrected chi connectivity index (χ2v) is 6.85. The highest BCUT2D eigenvalue weighted by atomic mass is 16.5. The van der Waals surface area contributed by atoms with E-state index < -0.39 is 12.6 Å². The molecule has 0 aliphatic carbocycles. The molecule has 0 aromatic heterocycles. The third-order valence-electron chi connectivity index (χ3n) is 4.07. The molecule has 2 aromatic carbocycles. The van der Waals surface area contributed by atoms with Crippen LogP contribution in [-0.4, -0.2) is 37.2 Å². The molecular weight excluding hydrogens is 372 g/mol. The van der Waals surface area contributed by atoms with E-state index in [2.05, 4.69) is 13.8 Å². The van der Waals surface area contributed by atoms with Gasteiger partial charge in [0.2, 0.25) is 0 Å². The number of methoxy groups -OCH3 is 1. The maximum absolute atomic E-state index is 12.3. The summed E-state index contributed by atoms with van der Waals surface area (Å²) in [6.45, 7) is 4.48. The minimum absolute atomic E-state index is 0.175. The van der Waals surface area contributed by atoms with Crippen molar-refractivity contribution in [2.24, 2.45) is 5.92 Å². The normalized spacial score (nSPS) is 10.9. The molecular formula is C23H26O6. The number of carbonyl (C=O) groups is 2. The van der Waals surface area contributed by atoms with Crippen molar-refractivity contribution in [2.75, 3.05) is 20.3 Å². The zero-order valence-corrected chi connectivity index (χ0v) is 16.9. The molecule has 0 atom stereocenters. The van der Waals surface area contributed by atoms with Crippen molar-refractivity contribution in [2.45, 2.75) is 20.3 Å². The van der Waals surface area contributed by atoms with Gasteiger partial charge in [-0.2, -0.15) is 0 Å². The third-order valence-corrected chi connectivity index (χ3v) is 4.07. The van der Waals surface area contributed by atoms with Crippen LogP contribution in [0.1, 0.15) is 36.2 Å². The van der Waals surface area contributed by atoms with Gasteiger partial charge in [-0.25, -0.2) is 4.79 Å². The molecule has 6 nitrogen and oxygen atoms in total. The summed E-state index contributed by atoms with van der Waals surface area (Å²) in [5.41, 5.74) is 1.29. The SMILES string of the molecule is COc1cc(/C=C/C(=O)c2ccc(OCC(=O)O)cc2)ccc1OCCC(C)C. The molecule has 0 saturated carbocycles. The topological polar surface area (TPSA) is 82.1 Å². The van der Waals surface area contributed by atoms with Crippen molar-refractivity contribution in [3.8, 4) is 17.2 Å². The van der Waals surface area contributed by atoms with E-state index in [1.54, 1.807) is 37.5 Å². The first-order chi connectivity index (χ1) is 13.9. The molecule has 6 heteroatoms. The fourth-order valence-corrected chi connectivity index (χ4v) is 2.44. The van der Waals surface area contributed by atoms with Crippen LogP contribution < -0.4 is 14.2 Å². The number of hydrogen-bond acceptors (Lipinski definition) is 5. The Kier molecular flexibility index (Phi) is 8.27. The lowest BCUT2D eigenvalue weighted by Crippen LogP contribution is -2.09. The summed E-state index contributed by atoms with van der Waals surface area (Å²) in [5.74, 6) is 1.01. The van der Waals surface area contributed by atoms with Crippen LogP contribution in [-0.2, 0) is 4.79 Å². The first-order valence-corrected chi connectivity index (χ1v) is 9.37. The molecule has 29 heavy (non-hydrogen) atoms. The van der Waals surface area contributed by atoms with Gasteiger partial charge in [0.25, 0.3) is 0 Å². The van der Waals surface area contributed by atoms with Crippen LogP contribution in [0.15, 0.2) is 48.5 Å². The average molecular weight is 398 g/mol. The summed E-state index contributed by atoms with van der Waals surface area (Å²) in [4.78, 5) is 22.9. The second kappa shape index (κ2) is 10.9. The Hall–Kier alpha value is -3.28. The molecule has 2 rings (SSSR count). The van der Waals surface area contributed by atoms with Gasteiger partial charge in [0.15, 0.2) is 23.9 Å². The third kappa shape index (κ3) is 7.33. The number of hydrogen-bond donors (Lipinski definition) is 1. The average Bonchev–Trinajstić information content (AvgIpc) is 2.71. The standard InChI is InChI=1S/C23H26O6/c1-16(2)12-13-28-21-11-5-17(14-22(21)27-3)4-10-20(24)18-6-8-19(9-7-18)29-15-23(25)26/h4-11,14,16H,12-13,15H2,1-3H3,(H,25,26)/b10-4+. The molecule has 0 unspecified atom stereocenters. The van der Waals surface area contributed by atoms with E-state index in [0.29, 0.717) is 35.3 Å². The number of ether oxygens (including phenoxy) is 3. The van der Waals surface area contributed by atoms with E-state index in [-0.39, 0.29) is 5.78 Å². The molecule has 0 saturated heterocycles. The van der Waals surface area contributed by atoms with Gasteiger partial charge in [0.05, 0.1) is 13.7 Å². The number of benzene rings is 2. The molecule has 0 aliphatic rings. The van der Waals surface area contributed by atoms with E-state index in [1.807, 2.05) is 18.2 Å². The van der Waals surface area contributed by atoms with Crippen molar-refractivity contribution in [1.82, 2.24) is 0 Å². The van der Waals surface area contributed by atoms with Gasteiger partial charge in [0.1, 0.15) is 5.75 Å². The van der Waals surface area contributed by atoms with Gasteiger partial charge in [-0.15, -0.1) is 0 Å². The predicted octanol–water partition coefficient (Wildman–Crippen LogP) is 4.48. The largest absolute Gasteiger partial charge is 0.493 e. The van der Waals surface area contributed by atoms with Gasteiger partial charge in [-0.1, -0.05) is 26.0 Å².